The second-order valence-corrected chi connectivity index (χ2v) is 5.72. The fraction of sp³-hybridized carbons (Fsp3) is 0.846. The van der Waals surface area contributed by atoms with E-state index >= 15 is 0 Å². The van der Waals surface area contributed by atoms with Crippen LogP contribution in [0.25, 0.3) is 0 Å². The molecule has 0 bridgehead atoms. The molecule has 82 valence electrons. The molecular formula is C13H24O. The minimum atomic E-state index is -0.503. The Balaban J connectivity index is 2.63. The Morgan fingerprint density at radius 3 is 2.43 bits per heavy atom. The highest BCUT2D eigenvalue weighted by atomic mass is 16.3. The highest BCUT2D eigenvalue weighted by molar-refractivity contribution is 5.09. The van der Waals surface area contributed by atoms with Gasteiger partial charge in [0, 0.05) is 0 Å². The van der Waals surface area contributed by atoms with Crippen molar-refractivity contribution in [3.05, 3.63) is 12.2 Å². The van der Waals surface area contributed by atoms with Gasteiger partial charge in [0.05, 0.1) is 5.60 Å². The van der Waals surface area contributed by atoms with Gasteiger partial charge >= 0.3 is 0 Å². The first-order valence-corrected chi connectivity index (χ1v) is 5.79. The number of aliphatic hydroxyl groups is 1. The molecular weight excluding hydrogens is 172 g/mol. The molecule has 2 unspecified atom stereocenters. The Bertz CT molecular complexity index is 212. The van der Waals surface area contributed by atoms with E-state index in [-0.39, 0.29) is 0 Å². The number of allylic oxidation sites excluding steroid dienone is 1. The highest BCUT2D eigenvalue weighted by Gasteiger charge is 2.32. The summed E-state index contributed by atoms with van der Waals surface area (Å²) in [5, 5.41) is 10.2. The molecule has 1 heteroatoms. The van der Waals surface area contributed by atoms with E-state index in [2.05, 4.69) is 33.8 Å². The second-order valence-electron chi connectivity index (χ2n) is 5.72. The fourth-order valence-electron chi connectivity index (χ4n) is 2.24. The minimum Gasteiger partial charge on any atom is -0.386 e. The third-order valence-electron chi connectivity index (χ3n) is 3.32. The lowest BCUT2D eigenvalue weighted by atomic mass is 9.72. The summed E-state index contributed by atoms with van der Waals surface area (Å²) < 4.78 is 0. The van der Waals surface area contributed by atoms with E-state index in [1.54, 1.807) is 0 Å². The lowest BCUT2D eigenvalue weighted by molar-refractivity contribution is 0.0504. The van der Waals surface area contributed by atoms with Crippen molar-refractivity contribution in [2.45, 2.75) is 59.0 Å². The van der Waals surface area contributed by atoms with Gasteiger partial charge in [0.2, 0.25) is 0 Å². The fourth-order valence-corrected chi connectivity index (χ4v) is 2.24. The largest absolute Gasteiger partial charge is 0.386 e. The van der Waals surface area contributed by atoms with Crippen LogP contribution in [0.1, 0.15) is 53.4 Å². The molecule has 0 saturated carbocycles. The van der Waals surface area contributed by atoms with Gasteiger partial charge in [-0.15, -0.1) is 0 Å². The molecule has 1 aliphatic carbocycles. The Hall–Kier alpha value is -0.300. The van der Waals surface area contributed by atoms with E-state index < -0.39 is 5.60 Å². The Labute approximate surface area is 88.2 Å². The molecule has 0 heterocycles. The molecule has 0 saturated heterocycles. The third-order valence-corrected chi connectivity index (χ3v) is 3.32. The normalized spacial score (nSPS) is 33.4. The second kappa shape index (κ2) is 4.06. The standard InChI is InChI=1S/C13H24O/c1-5-8-13(14)9-6-11(7-10-13)12(2,3)4/h6,9,11,14H,5,7-8,10H2,1-4H3. The maximum Gasteiger partial charge on any atom is 0.0827 e. The molecule has 2 atom stereocenters. The quantitative estimate of drug-likeness (QED) is 0.670. The van der Waals surface area contributed by atoms with Crippen molar-refractivity contribution in [3.8, 4) is 0 Å². The molecule has 14 heavy (non-hydrogen) atoms. The van der Waals surface area contributed by atoms with Crippen molar-refractivity contribution in [1.82, 2.24) is 0 Å². The van der Waals surface area contributed by atoms with E-state index in [4.69, 9.17) is 0 Å². The topological polar surface area (TPSA) is 20.2 Å². The zero-order valence-electron chi connectivity index (χ0n) is 10.0. The molecule has 0 spiro atoms. The van der Waals surface area contributed by atoms with Crippen molar-refractivity contribution in [3.63, 3.8) is 0 Å². The number of hydrogen-bond donors (Lipinski definition) is 1. The van der Waals surface area contributed by atoms with Gasteiger partial charge in [0.15, 0.2) is 0 Å². The summed E-state index contributed by atoms with van der Waals surface area (Å²) in [6.07, 6.45) is 8.27. The first kappa shape index (κ1) is 11.8. The van der Waals surface area contributed by atoms with Crippen molar-refractivity contribution in [2.75, 3.05) is 0 Å². The molecule has 1 aliphatic rings. The SMILES string of the molecule is CCCC1(O)C=CC(C(C)(C)C)CC1. The zero-order chi connectivity index (χ0) is 10.8. The average molecular weight is 196 g/mol. The average Bonchev–Trinajstić information content (AvgIpc) is 2.03. The summed E-state index contributed by atoms with van der Waals surface area (Å²) >= 11 is 0. The molecule has 1 rings (SSSR count). The van der Waals surface area contributed by atoms with Gasteiger partial charge in [0.1, 0.15) is 0 Å². The Kier molecular flexibility index (Phi) is 3.41. The summed E-state index contributed by atoms with van der Waals surface area (Å²) in [6, 6.07) is 0. The van der Waals surface area contributed by atoms with E-state index in [0.717, 1.165) is 25.7 Å². The van der Waals surface area contributed by atoms with Crippen LogP contribution in [0.15, 0.2) is 12.2 Å². The van der Waals surface area contributed by atoms with Gasteiger partial charge in [-0.25, -0.2) is 0 Å². The molecule has 0 aromatic rings. The molecule has 1 nitrogen and oxygen atoms in total. The van der Waals surface area contributed by atoms with Gasteiger partial charge in [-0.1, -0.05) is 46.3 Å². The summed E-state index contributed by atoms with van der Waals surface area (Å²) in [4.78, 5) is 0. The summed E-state index contributed by atoms with van der Waals surface area (Å²) in [5.74, 6) is 0.625. The highest BCUT2D eigenvalue weighted by Crippen LogP contribution is 2.38. The van der Waals surface area contributed by atoms with Crippen LogP contribution >= 0.6 is 0 Å². The van der Waals surface area contributed by atoms with E-state index in [1.807, 2.05) is 6.08 Å². The van der Waals surface area contributed by atoms with Crippen LogP contribution in [-0.2, 0) is 0 Å². The maximum absolute atomic E-state index is 10.2. The number of hydrogen-bond acceptors (Lipinski definition) is 1. The van der Waals surface area contributed by atoms with E-state index in [0.29, 0.717) is 11.3 Å². The molecule has 0 radical (unpaired) electrons. The minimum absolute atomic E-state index is 0.337. The molecule has 0 aromatic heterocycles. The van der Waals surface area contributed by atoms with Crippen LogP contribution in [0, 0.1) is 11.3 Å². The van der Waals surface area contributed by atoms with Crippen LogP contribution in [0.2, 0.25) is 0 Å². The van der Waals surface area contributed by atoms with Crippen LogP contribution in [0.3, 0.4) is 0 Å². The zero-order valence-corrected chi connectivity index (χ0v) is 10.0. The van der Waals surface area contributed by atoms with Crippen molar-refractivity contribution < 1.29 is 5.11 Å². The lowest BCUT2D eigenvalue weighted by Gasteiger charge is -2.36. The van der Waals surface area contributed by atoms with Gasteiger partial charge in [-0.05, 0) is 30.6 Å². The lowest BCUT2D eigenvalue weighted by Crippen LogP contribution is -2.32. The van der Waals surface area contributed by atoms with Crippen LogP contribution in [0.4, 0.5) is 0 Å². The first-order chi connectivity index (χ1) is 6.37. The summed E-state index contributed by atoms with van der Waals surface area (Å²) in [5.41, 5.74) is -0.166. The summed E-state index contributed by atoms with van der Waals surface area (Å²) in [7, 11) is 0. The number of rotatable bonds is 2. The van der Waals surface area contributed by atoms with Gasteiger partial charge < -0.3 is 5.11 Å². The van der Waals surface area contributed by atoms with Crippen molar-refractivity contribution in [2.24, 2.45) is 11.3 Å². The van der Waals surface area contributed by atoms with Gasteiger partial charge in [-0.3, -0.25) is 0 Å². The Morgan fingerprint density at radius 1 is 1.43 bits per heavy atom. The molecule has 0 amide bonds. The summed E-state index contributed by atoms with van der Waals surface area (Å²) in [6.45, 7) is 8.94. The molecule has 0 fully saturated rings. The maximum atomic E-state index is 10.2. The van der Waals surface area contributed by atoms with Crippen molar-refractivity contribution >= 4 is 0 Å². The predicted octanol–water partition coefficient (Wildman–Crippen LogP) is 3.53. The Morgan fingerprint density at radius 2 is 2.07 bits per heavy atom. The van der Waals surface area contributed by atoms with E-state index in [9.17, 15) is 5.11 Å². The van der Waals surface area contributed by atoms with Gasteiger partial charge in [-0.2, -0.15) is 0 Å². The first-order valence-electron chi connectivity index (χ1n) is 5.79. The monoisotopic (exact) mass is 196 g/mol. The smallest absolute Gasteiger partial charge is 0.0827 e. The van der Waals surface area contributed by atoms with Gasteiger partial charge in [0.25, 0.3) is 0 Å². The van der Waals surface area contributed by atoms with Crippen LogP contribution in [-0.4, -0.2) is 10.7 Å². The van der Waals surface area contributed by atoms with Crippen molar-refractivity contribution in [1.29, 1.82) is 0 Å². The molecule has 1 N–H and O–H groups in total. The molecule has 0 aromatic carbocycles. The molecule has 0 aliphatic heterocycles. The van der Waals surface area contributed by atoms with Crippen LogP contribution < -0.4 is 0 Å². The van der Waals surface area contributed by atoms with Crippen LogP contribution in [0.5, 0.6) is 0 Å². The predicted molar refractivity (Wildman–Crippen MR) is 61.2 cm³/mol. The third kappa shape index (κ3) is 2.84. The van der Waals surface area contributed by atoms with E-state index in [1.165, 1.54) is 0 Å².